The van der Waals surface area contributed by atoms with Gasteiger partial charge in [-0.15, -0.1) is 0 Å². The molecule has 1 N–H and O–H groups in total. The number of anilines is 1. The lowest BCUT2D eigenvalue weighted by Gasteiger charge is -2.10. The highest BCUT2D eigenvalue weighted by atomic mass is 16.5. The average molecular weight is 288 g/mol. The van der Waals surface area contributed by atoms with Crippen LogP contribution in [0.5, 0.6) is 17.2 Å². The fourth-order valence-corrected chi connectivity index (χ4v) is 1.77. The smallest absolute Gasteiger partial charge is 0.257 e. The van der Waals surface area contributed by atoms with Crippen LogP contribution in [0.25, 0.3) is 0 Å². The zero-order valence-corrected chi connectivity index (χ0v) is 12.0. The second kappa shape index (κ2) is 6.60. The molecule has 110 valence electrons. The van der Waals surface area contributed by atoms with E-state index in [9.17, 15) is 4.79 Å². The first-order valence-corrected chi connectivity index (χ1v) is 6.21. The summed E-state index contributed by atoms with van der Waals surface area (Å²) in [6, 6.07) is 8.37. The number of aromatic nitrogens is 1. The molecule has 0 bridgehead atoms. The topological polar surface area (TPSA) is 69.7 Å². The van der Waals surface area contributed by atoms with Crippen molar-refractivity contribution in [2.75, 3.05) is 26.6 Å². The Morgan fingerprint density at radius 2 is 1.71 bits per heavy atom. The minimum absolute atomic E-state index is 0.329. The summed E-state index contributed by atoms with van der Waals surface area (Å²) in [5.74, 6) is 1.58. The molecule has 1 aromatic heterocycles. The Hall–Kier alpha value is -2.76. The summed E-state index contributed by atoms with van der Waals surface area (Å²) in [5, 5.41) is 2.69. The Morgan fingerprint density at radius 1 is 1.05 bits per heavy atom. The van der Waals surface area contributed by atoms with Crippen LogP contribution >= 0.6 is 0 Å². The highest BCUT2D eigenvalue weighted by Crippen LogP contribution is 2.25. The van der Waals surface area contributed by atoms with Crippen molar-refractivity contribution in [3.05, 3.63) is 42.1 Å². The van der Waals surface area contributed by atoms with E-state index in [2.05, 4.69) is 10.3 Å². The summed E-state index contributed by atoms with van der Waals surface area (Å²) >= 11 is 0. The monoisotopic (exact) mass is 288 g/mol. The maximum Gasteiger partial charge on any atom is 0.257 e. The molecule has 6 heteroatoms. The molecule has 1 amide bonds. The number of methoxy groups -OCH3 is 3. The van der Waals surface area contributed by atoms with Gasteiger partial charge in [0, 0.05) is 17.8 Å². The Kier molecular flexibility index (Phi) is 4.61. The van der Waals surface area contributed by atoms with Crippen molar-refractivity contribution in [1.29, 1.82) is 0 Å². The second-order valence-electron chi connectivity index (χ2n) is 4.11. The van der Waals surface area contributed by atoms with E-state index < -0.39 is 0 Å². The number of hydrogen-bond donors (Lipinski definition) is 1. The predicted octanol–water partition coefficient (Wildman–Crippen LogP) is 2.36. The number of carbonyl (C=O) groups excluding carboxylic acids is 1. The number of nitrogens with zero attached hydrogens (tertiary/aromatic N) is 1. The van der Waals surface area contributed by atoms with Crippen LogP contribution in [-0.4, -0.2) is 32.2 Å². The van der Waals surface area contributed by atoms with Crippen molar-refractivity contribution in [2.24, 2.45) is 0 Å². The van der Waals surface area contributed by atoms with E-state index in [4.69, 9.17) is 14.2 Å². The van der Waals surface area contributed by atoms with Gasteiger partial charge in [0.25, 0.3) is 5.91 Å². The molecule has 0 aliphatic heterocycles. The molecule has 0 radical (unpaired) electrons. The zero-order valence-electron chi connectivity index (χ0n) is 12.0. The Bertz CT molecular complexity index is 621. The van der Waals surface area contributed by atoms with E-state index in [0.717, 1.165) is 0 Å². The molecule has 0 aliphatic rings. The number of benzene rings is 1. The van der Waals surface area contributed by atoms with Gasteiger partial charge in [-0.3, -0.25) is 4.79 Å². The van der Waals surface area contributed by atoms with Crippen LogP contribution in [0.2, 0.25) is 0 Å². The van der Waals surface area contributed by atoms with Crippen LogP contribution in [0.3, 0.4) is 0 Å². The fourth-order valence-electron chi connectivity index (χ4n) is 1.77. The number of nitrogens with one attached hydrogen (secondary N) is 1. The van der Waals surface area contributed by atoms with Crippen LogP contribution in [-0.2, 0) is 0 Å². The fraction of sp³-hybridized carbons (Fsp3) is 0.200. The Morgan fingerprint density at radius 3 is 2.29 bits per heavy atom. The molecule has 0 saturated heterocycles. The highest BCUT2D eigenvalue weighted by molar-refractivity contribution is 6.04. The van der Waals surface area contributed by atoms with Crippen molar-refractivity contribution in [3.63, 3.8) is 0 Å². The summed E-state index contributed by atoms with van der Waals surface area (Å²) in [5.41, 5.74) is 0.402. The van der Waals surface area contributed by atoms with Gasteiger partial charge in [-0.2, -0.15) is 0 Å². The molecular weight excluding hydrogens is 272 g/mol. The van der Waals surface area contributed by atoms with Gasteiger partial charge in [0.2, 0.25) is 0 Å². The minimum Gasteiger partial charge on any atom is -0.497 e. The molecule has 0 unspecified atom stereocenters. The molecule has 21 heavy (non-hydrogen) atoms. The Labute approximate surface area is 122 Å². The number of pyridine rings is 1. The van der Waals surface area contributed by atoms with Crippen molar-refractivity contribution in [3.8, 4) is 17.2 Å². The largest absolute Gasteiger partial charge is 0.497 e. The first kappa shape index (κ1) is 14.6. The molecule has 1 heterocycles. The van der Waals surface area contributed by atoms with Gasteiger partial charge >= 0.3 is 0 Å². The molecule has 2 aromatic rings. The lowest BCUT2D eigenvalue weighted by atomic mass is 10.2. The number of ether oxygens (including phenoxy) is 3. The van der Waals surface area contributed by atoms with Crippen LogP contribution < -0.4 is 19.5 Å². The summed E-state index contributed by atoms with van der Waals surface area (Å²) in [7, 11) is 4.57. The molecule has 1 aromatic carbocycles. The maximum absolute atomic E-state index is 12.3. The van der Waals surface area contributed by atoms with E-state index in [1.54, 1.807) is 36.5 Å². The van der Waals surface area contributed by atoms with Gasteiger partial charge in [-0.05, 0) is 24.3 Å². The van der Waals surface area contributed by atoms with Gasteiger partial charge in [-0.1, -0.05) is 0 Å². The van der Waals surface area contributed by atoms with Crippen LogP contribution in [0.15, 0.2) is 36.5 Å². The zero-order chi connectivity index (χ0) is 15.2. The number of hydrogen-bond acceptors (Lipinski definition) is 5. The molecule has 0 atom stereocenters. The maximum atomic E-state index is 12.3. The van der Waals surface area contributed by atoms with Gasteiger partial charge in [-0.25, -0.2) is 4.98 Å². The normalized spacial score (nSPS) is 9.86. The molecule has 0 spiro atoms. The number of amides is 1. The lowest BCUT2D eigenvalue weighted by molar-refractivity contribution is 0.102. The van der Waals surface area contributed by atoms with Crippen LogP contribution in [0.4, 0.5) is 5.82 Å². The summed E-state index contributed by atoms with van der Waals surface area (Å²) < 4.78 is 15.4. The molecule has 0 saturated carbocycles. The Balaban J connectivity index is 2.28. The summed E-state index contributed by atoms with van der Waals surface area (Å²) in [6.07, 6.45) is 1.57. The van der Waals surface area contributed by atoms with Crippen molar-refractivity contribution in [2.45, 2.75) is 0 Å². The SMILES string of the molecule is COc1cc(OC)cc(C(=O)Nc2ncccc2OC)c1. The molecule has 6 nitrogen and oxygen atoms in total. The third-order valence-corrected chi connectivity index (χ3v) is 2.84. The standard InChI is InChI=1S/C15H16N2O4/c1-19-11-7-10(8-12(9-11)20-2)15(18)17-14-13(21-3)5-4-6-16-14/h4-9H,1-3H3,(H,16,17,18). The van der Waals surface area contributed by atoms with Crippen molar-refractivity contribution >= 4 is 11.7 Å². The van der Waals surface area contributed by atoms with Crippen molar-refractivity contribution < 1.29 is 19.0 Å². The van der Waals surface area contributed by atoms with Crippen LogP contribution in [0, 0.1) is 0 Å². The third-order valence-electron chi connectivity index (χ3n) is 2.84. The van der Waals surface area contributed by atoms with Crippen LogP contribution in [0.1, 0.15) is 10.4 Å². The van der Waals surface area contributed by atoms with E-state index in [1.165, 1.54) is 21.3 Å². The highest BCUT2D eigenvalue weighted by Gasteiger charge is 2.13. The van der Waals surface area contributed by atoms with Crippen molar-refractivity contribution in [1.82, 2.24) is 4.98 Å². The van der Waals surface area contributed by atoms with E-state index in [0.29, 0.717) is 28.6 Å². The summed E-state index contributed by atoms with van der Waals surface area (Å²) in [4.78, 5) is 16.4. The second-order valence-corrected chi connectivity index (χ2v) is 4.11. The molecule has 2 rings (SSSR count). The molecule has 0 aliphatic carbocycles. The van der Waals surface area contributed by atoms with E-state index in [1.807, 2.05) is 0 Å². The van der Waals surface area contributed by atoms with Gasteiger partial charge in [0.15, 0.2) is 11.6 Å². The van der Waals surface area contributed by atoms with E-state index in [-0.39, 0.29) is 5.91 Å². The quantitative estimate of drug-likeness (QED) is 0.914. The summed E-state index contributed by atoms with van der Waals surface area (Å²) in [6.45, 7) is 0. The molecular formula is C15H16N2O4. The number of carbonyl (C=O) groups is 1. The first-order valence-electron chi connectivity index (χ1n) is 6.21. The number of rotatable bonds is 5. The van der Waals surface area contributed by atoms with Gasteiger partial charge < -0.3 is 19.5 Å². The third kappa shape index (κ3) is 3.42. The minimum atomic E-state index is -0.329. The molecule has 0 fully saturated rings. The lowest BCUT2D eigenvalue weighted by Crippen LogP contribution is -2.14. The van der Waals surface area contributed by atoms with Gasteiger partial charge in [0.1, 0.15) is 11.5 Å². The predicted molar refractivity (Wildman–Crippen MR) is 78.3 cm³/mol. The van der Waals surface area contributed by atoms with Gasteiger partial charge in [0.05, 0.1) is 21.3 Å². The first-order chi connectivity index (χ1) is 10.2. The average Bonchev–Trinajstić information content (AvgIpc) is 2.54. The van der Waals surface area contributed by atoms with E-state index >= 15 is 0 Å².